The topological polar surface area (TPSA) is 64.2 Å². The number of anilines is 1. The highest BCUT2D eigenvalue weighted by molar-refractivity contribution is 7.94. The monoisotopic (exact) mass is 412 g/mol. The second-order valence-electron chi connectivity index (χ2n) is 7.38. The molecule has 2 aromatic carbocycles. The van der Waals surface area contributed by atoms with Gasteiger partial charge in [-0.2, -0.15) is 13.2 Å². The SMILES string of the molecule is Cc1cc(C(F)(F)F)ccc1CNC(=O)c1ccc(N[S+]([O-])C(C)(C)C)cc1. The van der Waals surface area contributed by atoms with Crippen molar-refractivity contribution in [3.63, 3.8) is 0 Å². The molecule has 8 heteroatoms. The minimum absolute atomic E-state index is 0.122. The Balaban J connectivity index is 1.98. The normalized spacial score (nSPS) is 13.1. The molecule has 0 aliphatic carbocycles. The second kappa shape index (κ2) is 8.45. The van der Waals surface area contributed by atoms with E-state index < -0.39 is 27.8 Å². The molecule has 1 atom stereocenters. The van der Waals surface area contributed by atoms with Crippen molar-refractivity contribution < 1.29 is 22.5 Å². The van der Waals surface area contributed by atoms with Crippen LogP contribution in [0.5, 0.6) is 0 Å². The third kappa shape index (κ3) is 5.90. The highest BCUT2D eigenvalue weighted by Crippen LogP contribution is 2.30. The second-order valence-corrected chi connectivity index (χ2v) is 9.35. The van der Waals surface area contributed by atoms with Crippen molar-refractivity contribution in [3.8, 4) is 0 Å². The van der Waals surface area contributed by atoms with Gasteiger partial charge in [-0.05, 0) is 75.2 Å². The summed E-state index contributed by atoms with van der Waals surface area (Å²) in [6.45, 7) is 7.24. The van der Waals surface area contributed by atoms with Gasteiger partial charge in [-0.25, -0.2) is 4.72 Å². The Labute approximate surface area is 165 Å². The lowest BCUT2D eigenvalue weighted by Crippen LogP contribution is -2.33. The number of halogens is 3. The van der Waals surface area contributed by atoms with Gasteiger partial charge in [0.2, 0.25) is 0 Å². The molecular formula is C20H23F3N2O2S. The maximum Gasteiger partial charge on any atom is 0.416 e. The number of nitrogens with one attached hydrogen (secondary N) is 2. The van der Waals surface area contributed by atoms with Crippen molar-refractivity contribution in [2.75, 3.05) is 4.72 Å². The quantitative estimate of drug-likeness (QED) is 0.692. The van der Waals surface area contributed by atoms with Crippen molar-refractivity contribution in [2.24, 2.45) is 0 Å². The van der Waals surface area contributed by atoms with Crippen LogP contribution in [0.2, 0.25) is 0 Å². The van der Waals surface area contributed by atoms with Gasteiger partial charge in [-0.3, -0.25) is 4.79 Å². The molecule has 0 radical (unpaired) electrons. The van der Waals surface area contributed by atoms with Crippen molar-refractivity contribution in [1.29, 1.82) is 0 Å². The number of hydrogen-bond acceptors (Lipinski definition) is 3. The Morgan fingerprint density at radius 1 is 1.07 bits per heavy atom. The molecule has 0 aliphatic rings. The van der Waals surface area contributed by atoms with Gasteiger partial charge in [0.15, 0.2) is 0 Å². The van der Waals surface area contributed by atoms with Gasteiger partial charge >= 0.3 is 6.18 Å². The molecule has 152 valence electrons. The Morgan fingerprint density at radius 2 is 1.68 bits per heavy atom. The lowest BCUT2D eigenvalue weighted by molar-refractivity contribution is -0.137. The molecule has 28 heavy (non-hydrogen) atoms. The zero-order chi connectivity index (χ0) is 21.1. The van der Waals surface area contributed by atoms with E-state index in [0.717, 1.165) is 12.1 Å². The van der Waals surface area contributed by atoms with Crippen LogP contribution < -0.4 is 10.0 Å². The largest absolute Gasteiger partial charge is 0.593 e. The van der Waals surface area contributed by atoms with Gasteiger partial charge in [0.25, 0.3) is 5.91 Å². The predicted molar refractivity (Wildman–Crippen MR) is 105 cm³/mol. The van der Waals surface area contributed by atoms with E-state index in [1.165, 1.54) is 6.07 Å². The number of hydrogen-bond donors (Lipinski definition) is 2. The van der Waals surface area contributed by atoms with Crippen molar-refractivity contribution in [1.82, 2.24) is 5.32 Å². The number of amides is 1. The fraction of sp³-hybridized carbons (Fsp3) is 0.350. The molecule has 0 fully saturated rings. The van der Waals surface area contributed by atoms with Crippen LogP contribution >= 0.6 is 0 Å². The van der Waals surface area contributed by atoms with E-state index in [1.807, 2.05) is 20.8 Å². The van der Waals surface area contributed by atoms with E-state index >= 15 is 0 Å². The summed E-state index contributed by atoms with van der Waals surface area (Å²) in [6.07, 6.45) is -4.39. The lowest BCUT2D eigenvalue weighted by Gasteiger charge is -2.23. The number of benzene rings is 2. The molecule has 2 aromatic rings. The average molecular weight is 412 g/mol. The summed E-state index contributed by atoms with van der Waals surface area (Å²) in [7, 11) is 0. The summed E-state index contributed by atoms with van der Waals surface area (Å²) in [5, 5.41) is 2.70. The molecule has 0 aromatic heterocycles. The fourth-order valence-corrected chi connectivity index (χ4v) is 2.95. The van der Waals surface area contributed by atoms with E-state index in [-0.39, 0.29) is 12.5 Å². The highest BCUT2D eigenvalue weighted by Gasteiger charge is 2.30. The van der Waals surface area contributed by atoms with Crippen molar-refractivity contribution in [2.45, 2.75) is 45.2 Å². The molecule has 0 aliphatic heterocycles. The first kappa shape index (κ1) is 22.1. The van der Waals surface area contributed by atoms with E-state index in [2.05, 4.69) is 10.0 Å². The fourth-order valence-electron chi connectivity index (χ4n) is 2.30. The van der Waals surface area contributed by atoms with Crippen molar-refractivity contribution in [3.05, 3.63) is 64.7 Å². The molecular weight excluding hydrogens is 389 g/mol. The van der Waals surface area contributed by atoms with E-state index in [1.54, 1.807) is 31.2 Å². The predicted octanol–water partition coefficient (Wildman–Crippen LogP) is 4.82. The van der Waals surface area contributed by atoms with Crippen LogP contribution in [0.1, 0.15) is 47.8 Å². The molecule has 4 nitrogen and oxygen atoms in total. The molecule has 0 heterocycles. The summed E-state index contributed by atoms with van der Waals surface area (Å²) in [5.41, 5.74) is 1.38. The van der Waals surface area contributed by atoms with Crippen LogP contribution in [-0.4, -0.2) is 15.2 Å². The first-order valence-electron chi connectivity index (χ1n) is 8.61. The molecule has 0 saturated heterocycles. The van der Waals surface area contributed by atoms with Crippen LogP contribution in [0, 0.1) is 6.92 Å². The third-order valence-electron chi connectivity index (χ3n) is 4.02. The first-order valence-corrected chi connectivity index (χ1v) is 9.76. The molecule has 2 N–H and O–H groups in total. The summed E-state index contributed by atoms with van der Waals surface area (Å²) in [6, 6.07) is 9.94. The number of alkyl halides is 3. The number of aryl methyl sites for hydroxylation is 1. The van der Waals surface area contributed by atoms with Gasteiger partial charge in [0, 0.05) is 12.1 Å². The maximum atomic E-state index is 12.7. The van der Waals surface area contributed by atoms with Gasteiger partial charge < -0.3 is 9.87 Å². The van der Waals surface area contributed by atoms with Crippen LogP contribution in [0.15, 0.2) is 42.5 Å². The highest BCUT2D eigenvalue weighted by atomic mass is 32.2. The molecule has 0 saturated carbocycles. The molecule has 2 rings (SSSR count). The summed E-state index contributed by atoms with van der Waals surface area (Å²) in [5.74, 6) is -0.345. The van der Waals surface area contributed by atoms with E-state index in [0.29, 0.717) is 22.4 Å². The Hall–Kier alpha value is -2.19. The number of rotatable bonds is 5. The summed E-state index contributed by atoms with van der Waals surface area (Å²) in [4.78, 5) is 12.3. The maximum absolute atomic E-state index is 12.7. The van der Waals surface area contributed by atoms with Crippen LogP contribution in [0.25, 0.3) is 0 Å². The Kier molecular flexibility index (Phi) is 6.67. The lowest BCUT2D eigenvalue weighted by atomic mass is 10.0. The van der Waals surface area contributed by atoms with Gasteiger partial charge in [0.1, 0.15) is 4.75 Å². The van der Waals surface area contributed by atoms with Gasteiger partial charge in [0.05, 0.1) is 22.6 Å². The minimum atomic E-state index is -4.39. The molecule has 1 unspecified atom stereocenters. The Morgan fingerprint density at radius 3 is 2.18 bits per heavy atom. The third-order valence-corrected chi connectivity index (χ3v) is 5.56. The zero-order valence-electron chi connectivity index (χ0n) is 16.1. The van der Waals surface area contributed by atoms with Gasteiger partial charge in [-0.15, -0.1) is 0 Å². The molecule has 0 bridgehead atoms. The van der Waals surface area contributed by atoms with Crippen LogP contribution in [0.3, 0.4) is 0 Å². The standard InChI is InChI=1S/C20H23F3N2O2S/c1-13-11-16(20(21,22)23)8-5-15(13)12-24-18(26)14-6-9-17(10-7-14)25-28(27)19(2,3)4/h5-11,25H,12H2,1-4H3,(H,24,26). The number of carbonyl (C=O) groups excluding carboxylic acids is 1. The Bertz CT molecular complexity index is 831. The smallest absolute Gasteiger partial charge is 0.416 e. The summed E-state index contributed by atoms with van der Waals surface area (Å²) < 4.78 is 52.7. The average Bonchev–Trinajstić information content (AvgIpc) is 2.59. The van der Waals surface area contributed by atoms with E-state index in [9.17, 15) is 22.5 Å². The minimum Gasteiger partial charge on any atom is -0.593 e. The molecule has 0 spiro atoms. The molecule has 1 amide bonds. The number of carbonyl (C=O) groups is 1. The zero-order valence-corrected chi connectivity index (χ0v) is 16.9. The van der Waals surface area contributed by atoms with Crippen LogP contribution in [-0.2, 0) is 24.1 Å². The van der Waals surface area contributed by atoms with Gasteiger partial charge in [-0.1, -0.05) is 6.07 Å². The van der Waals surface area contributed by atoms with E-state index in [4.69, 9.17) is 0 Å². The van der Waals surface area contributed by atoms with Crippen molar-refractivity contribution >= 4 is 23.0 Å². The van der Waals surface area contributed by atoms with Crippen LogP contribution in [0.4, 0.5) is 18.9 Å². The first-order chi connectivity index (χ1) is 12.9. The summed E-state index contributed by atoms with van der Waals surface area (Å²) >= 11 is -1.28.